The van der Waals surface area contributed by atoms with Crippen molar-refractivity contribution in [3.8, 4) is 5.75 Å². The monoisotopic (exact) mass is 381 g/mol. The summed E-state index contributed by atoms with van der Waals surface area (Å²) < 4.78 is 5.92. The summed E-state index contributed by atoms with van der Waals surface area (Å²) in [4.78, 5) is 31.2. The number of nitrogens with one attached hydrogen (secondary N) is 1. The molecule has 1 saturated heterocycles. The van der Waals surface area contributed by atoms with Crippen molar-refractivity contribution >= 4 is 17.5 Å². The Morgan fingerprint density at radius 1 is 1.32 bits per heavy atom. The van der Waals surface area contributed by atoms with Gasteiger partial charge in [0.2, 0.25) is 11.7 Å². The van der Waals surface area contributed by atoms with E-state index in [1.54, 1.807) is 0 Å². The lowest BCUT2D eigenvalue weighted by Crippen LogP contribution is -2.32. The number of nitrogens with zero attached hydrogens (tertiary/aromatic N) is 4. The van der Waals surface area contributed by atoms with E-state index in [0.717, 1.165) is 6.42 Å². The van der Waals surface area contributed by atoms with Gasteiger partial charge in [-0.2, -0.15) is 0 Å². The molecule has 2 aromatic heterocycles. The predicted octanol–water partition coefficient (Wildman–Crippen LogP) is 1.72. The normalized spacial score (nSPS) is 16.3. The van der Waals surface area contributed by atoms with Crippen molar-refractivity contribution in [2.24, 2.45) is 7.05 Å². The van der Waals surface area contributed by atoms with Gasteiger partial charge < -0.3 is 19.8 Å². The molecular weight excluding hydrogens is 362 g/mol. The smallest absolute Gasteiger partial charge is 0.297 e. The van der Waals surface area contributed by atoms with E-state index < -0.39 is 17.2 Å². The Balaban J connectivity index is 1.63. The van der Waals surface area contributed by atoms with Gasteiger partial charge in [-0.15, -0.1) is 0 Å². The van der Waals surface area contributed by atoms with Crippen LogP contribution in [0.1, 0.15) is 28.4 Å². The van der Waals surface area contributed by atoms with Gasteiger partial charge in [0.05, 0.1) is 6.20 Å². The first kappa shape index (κ1) is 17.8. The van der Waals surface area contributed by atoms with Crippen molar-refractivity contribution in [2.75, 3.05) is 23.3 Å². The zero-order chi connectivity index (χ0) is 19.7. The fraction of sp³-hybridized carbons (Fsp3) is 0.263. The number of anilines is 2. The molecule has 0 spiro atoms. The maximum absolute atomic E-state index is 12.5. The molecular formula is C19H19N5O4. The third kappa shape index (κ3) is 3.22. The highest BCUT2D eigenvalue weighted by atomic mass is 16.5. The average molecular weight is 381 g/mol. The summed E-state index contributed by atoms with van der Waals surface area (Å²) in [5.41, 5.74) is 0.518. The van der Waals surface area contributed by atoms with Crippen LogP contribution in [0, 0.1) is 0 Å². The van der Waals surface area contributed by atoms with Gasteiger partial charge in [-0.25, -0.2) is 4.98 Å². The van der Waals surface area contributed by atoms with Crippen LogP contribution < -0.4 is 15.8 Å². The average Bonchev–Trinajstić information content (AvgIpc) is 3.39. The van der Waals surface area contributed by atoms with Crippen LogP contribution in [0.3, 0.4) is 0 Å². The molecule has 28 heavy (non-hydrogen) atoms. The lowest BCUT2D eigenvalue weighted by atomic mass is 9.99. The molecule has 1 atom stereocenters. The van der Waals surface area contributed by atoms with E-state index in [2.05, 4.69) is 32.1 Å². The molecule has 2 N–H and O–H groups in total. The number of rotatable bonds is 4. The van der Waals surface area contributed by atoms with Crippen molar-refractivity contribution in [2.45, 2.75) is 12.3 Å². The number of carbonyl (C=O) groups excluding carboxylic acids is 1. The summed E-state index contributed by atoms with van der Waals surface area (Å²) in [5.74, 6) is -0.754. The second-order valence-electron chi connectivity index (χ2n) is 6.68. The van der Waals surface area contributed by atoms with Gasteiger partial charge in [0.15, 0.2) is 5.69 Å². The summed E-state index contributed by atoms with van der Waals surface area (Å²) in [6.07, 6.45) is 3.45. The lowest BCUT2D eigenvalue weighted by Gasteiger charge is -2.21. The molecule has 0 unspecified atom stereocenters. The standard InChI is InChI=1S/C19H19N5O4/c1-23-18(27)16(25)15(17(26)21-14-9-20-28-11-14)22-19(23)24-8-7-13(10-24)12-5-3-2-4-6-12/h2-6,9,11,13,25H,7-8,10H2,1H3,(H,21,26)/t13-/m0/s1. The van der Waals surface area contributed by atoms with Crippen LogP contribution in [0.4, 0.5) is 11.6 Å². The minimum atomic E-state index is -0.710. The fourth-order valence-corrected chi connectivity index (χ4v) is 3.42. The third-order valence-corrected chi connectivity index (χ3v) is 4.89. The Labute approximate surface area is 160 Å². The van der Waals surface area contributed by atoms with Gasteiger partial charge >= 0.3 is 0 Å². The van der Waals surface area contributed by atoms with Crippen molar-refractivity contribution < 1.29 is 14.4 Å². The van der Waals surface area contributed by atoms with Crippen LogP contribution in [-0.2, 0) is 7.05 Å². The Morgan fingerprint density at radius 3 is 2.82 bits per heavy atom. The number of benzene rings is 1. The molecule has 1 amide bonds. The Kier molecular flexibility index (Phi) is 4.56. The second-order valence-corrected chi connectivity index (χ2v) is 6.68. The minimum Gasteiger partial charge on any atom is -0.501 e. The zero-order valence-electron chi connectivity index (χ0n) is 15.2. The second kappa shape index (κ2) is 7.18. The molecule has 0 aliphatic carbocycles. The summed E-state index contributed by atoms with van der Waals surface area (Å²) in [6, 6.07) is 10.1. The first-order valence-electron chi connectivity index (χ1n) is 8.85. The number of aromatic hydroxyl groups is 1. The number of amides is 1. The molecule has 4 rings (SSSR count). The predicted molar refractivity (Wildman–Crippen MR) is 102 cm³/mol. The summed E-state index contributed by atoms with van der Waals surface area (Å²) in [5, 5.41) is 16.1. The van der Waals surface area contributed by atoms with Crippen LogP contribution in [0.15, 0.2) is 52.1 Å². The van der Waals surface area contributed by atoms with E-state index in [4.69, 9.17) is 0 Å². The highest BCUT2D eigenvalue weighted by molar-refractivity contribution is 6.04. The van der Waals surface area contributed by atoms with E-state index in [0.29, 0.717) is 30.6 Å². The SMILES string of the molecule is Cn1c(N2CC[C@H](c3ccccc3)C2)nc(C(=O)Nc2cnoc2)c(O)c1=O. The molecule has 3 heterocycles. The van der Waals surface area contributed by atoms with E-state index in [-0.39, 0.29) is 5.69 Å². The Bertz CT molecular complexity index is 1050. The number of carbonyl (C=O) groups is 1. The minimum absolute atomic E-state index is 0.304. The van der Waals surface area contributed by atoms with E-state index in [1.807, 2.05) is 23.1 Å². The van der Waals surface area contributed by atoms with Crippen molar-refractivity contribution in [1.82, 2.24) is 14.7 Å². The van der Waals surface area contributed by atoms with Gasteiger partial charge in [-0.1, -0.05) is 35.5 Å². The first-order valence-corrected chi connectivity index (χ1v) is 8.85. The third-order valence-electron chi connectivity index (χ3n) is 4.89. The molecule has 1 fully saturated rings. The molecule has 9 nitrogen and oxygen atoms in total. The van der Waals surface area contributed by atoms with E-state index >= 15 is 0 Å². The molecule has 9 heteroatoms. The molecule has 0 radical (unpaired) electrons. The highest BCUT2D eigenvalue weighted by Crippen LogP contribution is 2.30. The maximum atomic E-state index is 12.5. The summed E-state index contributed by atoms with van der Waals surface area (Å²) in [6.45, 7) is 1.36. The maximum Gasteiger partial charge on any atom is 0.297 e. The van der Waals surface area contributed by atoms with Crippen LogP contribution >= 0.6 is 0 Å². The molecule has 1 aliphatic heterocycles. The van der Waals surface area contributed by atoms with Crippen molar-refractivity contribution in [1.29, 1.82) is 0 Å². The highest BCUT2D eigenvalue weighted by Gasteiger charge is 2.29. The first-order chi connectivity index (χ1) is 13.5. The van der Waals surface area contributed by atoms with Gasteiger partial charge in [0, 0.05) is 26.1 Å². The van der Waals surface area contributed by atoms with Crippen molar-refractivity contribution in [3.05, 3.63) is 64.4 Å². The fourth-order valence-electron chi connectivity index (χ4n) is 3.42. The number of hydrogen-bond acceptors (Lipinski definition) is 7. The van der Waals surface area contributed by atoms with Crippen LogP contribution in [0.25, 0.3) is 0 Å². The zero-order valence-corrected chi connectivity index (χ0v) is 15.2. The summed E-state index contributed by atoms with van der Waals surface area (Å²) in [7, 11) is 1.53. The lowest BCUT2D eigenvalue weighted by molar-refractivity contribution is 0.101. The van der Waals surface area contributed by atoms with Crippen LogP contribution in [0.5, 0.6) is 5.75 Å². The number of hydrogen-bond donors (Lipinski definition) is 2. The molecule has 3 aromatic rings. The van der Waals surface area contributed by atoms with Crippen molar-refractivity contribution in [3.63, 3.8) is 0 Å². The summed E-state index contributed by atoms with van der Waals surface area (Å²) >= 11 is 0. The van der Waals surface area contributed by atoms with Gasteiger partial charge in [0.25, 0.3) is 11.5 Å². The molecule has 1 aromatic carbocycles. The largest absolute Gasteiger partial charge is 0.501 e. The Morgan fingerprint density at radius 2 is 2.11 bits per heavy atom. The molecule has 0 bridgehead atoms. The molecule has 0 saturated carbocycles. The van der Waals surface area contributed by atoms with Gasteiger partial charge in [0.1, 0.15) is 12.0 Å². The van der Waals surface area contributed by atoms with Crippen LogP contribution in [0.2, 0.25) is 0 Å². The molecule has 1 aliphatic rings. The van der Waals surface area contributed by atoms with Gasteiger partial charge in [-0.05, 0) is 12.0 Å². The topological polar surface area (TPSA) is 113 Å². The van der Waals surface area contributed by atoms with Gasteiger partial charge in [-0.3, -0.25) is 14.2 Å². The van der Waals surface area contributed by atoms with E-state index in [1.165, 1.54) is 29.6 Å². The van der Waals surface area contributed by atoms with Crippen LogP contribution in [-0.4, -0.2) is 38.8 Å². The Hall–Kier alpha value is -3.62. The van der Waals surface area contributed by atoms with E-state index in [9.17, 15) is 14.7 Å². The quantitative estimate of drug-likeness (QED) is 0.707. The number of aromatic nitrogens is 3. The molecule has 144 valence electrons.